The highest BCUT2D eigenvalue weighted by Crippen LogP contribution is 2.36. The van der Waals surface area contributed by atoms with Crippen molar-refractivity contribution < 1.29 is 23.7 Å². The van der Waals surface area contributed by atoms with Crippen molar-refractivity contribution in [3.8, 4) is 23.0 Å². The standard InChI is InChI=1S/C32H39BrN2O5/c1-4-6-7-8-9-13-18-39-31-27(33)19-25(20-30(31)37-3)22-34-35-32(36)26-16-17-28(29(21-26)38-5-2)40-23-24-14-11-10-12-15-24/h10-12,14-17,19-22H,4-9,13,18,23H2,1-3H3,(H,35,36)/b34-22+. The lowest BCUT2D eigenvalue weighted by Crippen LogP contribution is -2.17. The second-order valence-electron chi connectivity index (χ2n) is 9.22. The maximum atomic E-state index is 12.8. The van der Waals surface area contributed by atoms with Crippen LogP contribution in [-0.4, -0.2) is 32.4 Å². The van der Waals surface area contributed by atoms with Crippen LogP contribution >= 0.6 is 15.9 Å². The lowest BCUT2D eigenvalue weighted by Gasteiger charge is -2.14. The van der Waals surface area contributed by atoms with Gasteiger partial charge in [0.05, 0.1) is 31.0 Å². The molecule has 0 spiro atoms. The van der Waals surface area contributed by atoms with Gasteiger partial charge in [0.1, 0.15) is 6.61 Å². The molecule has 0 bridgehead atoms. The van der Waals surface area contributed by atoms with Gasteiger partial charge >= 0.3 is 0 Å². The summed E-state index contributed by atoms with van der Waals surface area (Å²) >= 11 is 3.58. The highest BCUT2D eigenvalue weighted by Gasteiger charge is 2.13. The minimum absolute atomic E-state index is 0.364. The van der Waals surface area contributed by atoms with Gasteiger partial charge in [-0.2, -0.15) is 5.10 Å². The van der Waals surface area contributed by atoms with E-state index in [1.807, 2.05) is 49.4 Å². The van der Waals surface area contributed by atoms with E-state index in [4.69, 9.17) is 18.9 Å². The molecule has 0 aliphatic rings. The molecule has 8 heteroatoms. The summed E-state index contributed by atoms with van der Waals surface area (Å²) in [5.41, 5.74) is 4.77. The molecular weight excluding hydrogens is 572 g/mol. The summed E-state index contributed by atoms with van der Waals surface area (Å²) in [7, 11) is 1.60. The Morgan fingerprint density at radius 3 is 2.40 bits per heavy atom. The van der Waals surface area contributed by atoms with Gasteiger partial charge in [-0.1, -0.05) is 69.4 Å². The van der Waals surface area contributed by atoms with Gasteiger partial charge in [-0.25, -0.2) is 5.43 Å². The molecule has 3 aromatic carbocycles. The van der Waals surface area contributed by atoms with Crippen LogP contribution in [0.1, 0.15) is 73.9 Å². The van der Waals surface area contributed by atoms with Crippen molar-refractivity contribution in [2.75, 3.05) is 20.3 Å². The van der Waals surface area contributed by atoms with Crippen LogP contribution in [0.15, 0.2) is 70.2 Å². The third-order valence-electron chi connectivity index (χ3n) is 6.12. The molecule has 0 aromatic heterocycles. The first-order chi connectivity index (χ1) is 19.5. The average molecular weight is 612 g/mol. The van der Waals surface area contributed by atoms with E-state index in [2.05, 4.69) is 33.4 Å². The fourth-order valence-corrected chi connectivity index (χ4v) is 4.59. The number of methoxy groups -OCH3 is 1. The quantitative estimate of drug-likeness (QED) is 0.0953. The third kappa shape index (κ3) is 9.90. The molecule has 214 valence electrons. The van der Waals surface area contributed by atoms with Crippen molar-refractivity contribution in [3.63, 3.8) is 0 Å². The van der Waals surface area contributed by atoms with E-state index < -0.39 is 0 Å². The molecule has 0 aliphatic heterocycles. The molecule has 3 rings (SSSR count). The van der Waals surface area contributed by atoms with E-state index in [0.29, 0.717) is 48.4 Å². The van der Waals surface area contributed by atoms with E-state index in [1.54, 1.807) is 31.5 Å². The Morgan fingerprint density at radius 1 is 0.875 bits per heavy atom. The number of carbonyl (C=O) groups excluding carboxylic acids is 1. The van der Waals surface area contributed by atoms with Crippen molar-refractivity contribution in [1.82, 2.24) is 5.43 Å². The fraction of sp³-hybridized carbons (Fsp3) is 0.375. The Labute approximate surface area is 246 Å². The second kappa shape index (κ2) is 17.2. The Kier molecular flexibility index (Phi) is 13.4. The van der Waals surface area contributed by atoms with Crippen LogP contribution in [0.2, 0.25) is 0 Å². The van der Waals surface area contributed by atoms with Crippen molar-refractivity contribution >= 4 is 28.1 Å². The Bertz CT molecular complexity index is 1230. The monoisotopic (exact) mass is 610 g/mol. The smallest absolute Gasteiger partial charge is 0.271 e. The van der Waals surface area contributed by atoms with Crippen LogP contribution in [0.3, 0.4) is 0 Å². The molecule has 0 aliphatic carbocycles. The molecule has 0 saturated heterocycles. The topological polar surface area (TPSA) is 78.4 Å². The highest BCUT2D eigenvalue weighted by atomic mass is 79.9. The number of halogens is 1. The maximum absolute atomic E-state index is 12.8. The van der Waals surface area contributed by atoms with E-state index in [9.17, 15) is 4.79 Å². The van der Waals surface area contributed by atoms with Crippen LogP contribution in [0.5, 0.6) is 23.0 Å². The van der Waals surface area contributed by atoms with Crippen molar-refractivity contribution in [1.29, 1.82) is 0 Å². The molecule has 7 nitrogen and oxygen atoms in total. The average Bonchev–Trinajstić information content (AvgIpc) is 2.97. The van der Waals surface area contributed by atoms with Crippen LogP contribution in [0.4, 0.5) is 0 Å². The zero-order chi connectivity index (χ0) is 28.6. The molecule has 0 heterocycles. The van der Waals surface area contributed by atoms with Crippen LogP contribution in [0, 0.1) is 0 Å². The number of unbranched alkanes of at least 4 members (excludes halogenated alkanes) is 5. The summed E-state index contributed by atoms with van der Waals surface area (Å²) in [6.45, 7) is 5.58. The normalized spacial score (nSPS) is 10.9. The predicted molar refractivity (Wildman–Crippen MR) is 163 cm³/mol. The van der Waals surface area contributed by atoms with Gasteiger partial charge in [0.25, 0.3) is 5.91 Å². The lowest BCUT2D eigenvalue weighted by atomic mass is 10.1. The summed E-state index contributed by atoms with van der Waals surface area (Å²) < 4.78 is 23.9. The van der Waals surface area contributed by atoms with E-state index in [-0.39, 0.29) is 5.91 Å². The number of nitrogens with zero attached hydrogens (tertiary/aromatic N) is 1. The number of nitrogens with one attached hydrogen (secondary N) is 1. The molecule has 0 atom stereocenters. The maximum Gasteiger partial charge on any atom is 0.271 e. The number of hydrogen-bond donors (Lipinski definition) is 1. The molecular formula is C32H39BrN2O5. The summed E-state index contributed by atoms with van der Waals surface area (Å²) in [5.74, 6) is 1.97. The van der Waals surface area contributed by atoms with Crippen LogP contribution in [-0.2, 0) is 6.61 Å². The SMILES string of the molecule is CCCCCCCCOc1c(Br)cc(/C=N/NC(=O)c2ccc(OCc3ccccc3)c(OCC)c2)cc1OC. The number of carbonyl (C=O) groups is 1. The summed E-state index contributed by atoms with van der Waals surface area (Å²) in [4.78, 5) is 12.8. The van der Waals surface area contributed by atoms with Crippen molar-refractivity contribution in [2.24, 2.45) is 5.10 Å². The van der Waals surface area contributed by atoms with Crippen molar-refractivity contribution in [2.45, 2.75) is 59.0 Å². The van der Waals surface area contributed by atoms with Gasteiger partial charge in [-0.05, 0) is 70.7 Å². The fourth-order valence-electron chi connectivity index (χ4n) is 4.01. The largest absolute Gasteiger partial charge is 0.493 e. The minimum Gasteiger partial charge on any atom is -0.493 e. The Hall–Kier alpha value is -3.52. The molecule has 40 heavy (non-hydrogen) atoms. The molecule has 0 saturated carbocycles. The minimum atomic E-state index is -0.364. The zero-order valence-electron chi connectivity index (χ0n) is 23.6. The summed E-state index contributed by atoms with van der Waals surface area (Å²) in [6, 6.07) is 18.6. The van der Waals surface area contributed by atoms with E-state index in [1.165, 1.54) is 25.7 Å². The number of ether oxygens (including phenoxy) is 4. The number of rotatable bonds is 17. The van der Waals surface area contributed by atoms with Gasteiger partial charge in [-0.3, -0.25) is 4.79 Å². The predicted octanol–water partition coefficient (Wildman–Crippen LogP) is 7.94. The lowest BCUT2D eigenvalue weighted by molar-refractivity contribution is 0.0954. The van der Waals surface area contributed by atoms with E-state index >= 15 is 0 Å². The number of amides is 1. The van der Waals surface area contributed by atoms with Gasteiger partial charge in [0, 0.05) is 5.56 Å². The van der Waals surface area contributed by atoms with Crippen LogP contribution in [0.25, 0.3) is 0 Å². The molecule has 1 N–H and O–H groups in total. The summed E-state index contributed by atoms with van der Waals surface area (Å²) in [5, 5.41) is 4.14. The Morgan fingerprint density at radius 2 is 1.65 bits per heavy atom. The molecule has 0 fully saturated rings. The second-order valence-corrected chi connectivity index (χ2v) is 10.1. The Balaban J connectivity index is 1.58. The number of hydrazone groups is 1. The van der Waals surface area contributed by atoms with E-state index in [0.717, 1.165) is 28.4 Å². The van der Waals surface area contributed by atoms with Gasteiger partial charge < -0.3 is 18.9 Å². The third-order valence-corrected chi connectivity index (χ3v) is 6.71. The summed E-state index contributed by atoms with van der Waals surface area (Å²) in [6.07, 6.45) is 8.75. The first-order valence-electron chi connectivity index (χ1n) is 13.8. The van der Waals surface area contributed by atoms with Gasteiger partial charge in [-0.15, -0.1) is 0 Å². The van der Waals surface area contributed by atoms with Crippen molar-refractivity contribution in [3.05, 3.63) is 81.8 Å². The number of benzene rings is 3. The molecule has 1 amide bonds. The molecule has 0 unspecified atom stereocenters. The molecule has 0 radical (unpaired) electrons. The van der Waals surface area contributed by atoms with Gasteiger partial charge in [0.2, 0.25) is 0 Å². The number of hydrogen-bond acceptors (Lipinski definition) is 6. The van der Waals surface area contributed by atoms with Crippen LogP contribution < -0.4 is 24.4 Å². The van der Waals surface area contributed by atoms with Gasteiger partial charge in [0.15, 0.2) is 23.0 Å². The highest BCUT2D eigenvalue weighted by molar-refractivity contribution is 9.10. The zero-order valence-corrected chi connectivity index (χ0v) is 25.2. The first kappa shape index (κ1) is 31.0. The first-order valence-corrected chi connectivity index (χ1v) is 14.6. The molecule has 3 aromatic rings.